The molecule has 1 unspecified atom stereocenters. The summed E-state index contributed by atoms with van der Waals surface area (Å²) in [6.07, 6.45) is 0. The van der Waals surface area contributed by atoms with E-state index in [0.717, 1.165) is 16.8 Å². The Hall–Kier alpha value is -3.15. The van der Waals surface area contributed by atoms with Crippen LogP contribution >= 0.6 is 23.2 Å². The van der Waals surface area contributed by atoms with Crippen LogP contribution in [-0.4, -0.2) is 10.9 Å². The molecule has 7 heteroatoms. The van der Waals surface area contributed by atoms with Gasteiger partial charge >= 0.3 is 0 Å². The average molecular weight is 465 g/mol. The van der Waals surface area contributed by atoms with Crippen LogP contribution in [0.1, 0.15) is 44.5 Å². The van der Waals surface area contributed by atoms with Crippen LogP contribution in [0, 0.1) is 20.8 Å². The number of pyridine rings is 1. The van der Waals surface area contributed by atoms with E-state index in [0.29, 0.717) is 32.4 Å². The minimum Gasteiger partial charge on any atom is -0.450 e. The summed E-state index contributed by atoms with van der Waals surface area (Å²) < 4.78 is 6.04. The van der Waals surface area contributed by atoms with Crippen molar-refractivity contribution in [2.75, 3.05) is 4.90 Å². The van der Waals surface area contributed by atoms with Crippen molar-refractivity contribution < 1.29 is 9.21 Å². The molecule has 5 nitrogen and oxygen atoms in total. The average Bonchev–Trinajstić information content (AvgIpc) is 3.04. The van der Waals surface area contributed by atoms with E-state index in [1.165, 1.54) is 4.90 Å². The molecule has 32 heavy (non-hydrogen) atoms. The van der Waals surface area contributed by atoms with Crippen LogP contribution in [-0.2, 0) is 0 Å². The molecule has 160 valence electrons. The monoisotopic (exact) mass is 464 g/mol. The van der Waals surface area contributed by atoms with E-state index in [1.807, 2.05) is 32.9 Å². The van der Waals surface area contributed by atoms with Crippen molar-refractivity contribution in [2.24, 2.45) is 0 Å². The number of aryl methyl sites for hydroxylation is 3. The Morgan fingerprint density at radius 2 is 1.69 bits per heavy atom. The van der Waals surface area contributed by atoms with Crippen molar-refractivity contribution in [3.63, 3.8) is 0 Å². The predicted octanol–water partition coefficient (Wildman–Crippen LogP) is 6.17. The Labute approximate surface area is 194 Å². The number of aromatic nitrogens is 1. The molecular formula is C25H18Cl2N2O3. The molecule has 0 N–H and O–H groups in total. The van der Waals surface area contributed by atoms with Gasteiger partial charge in [-0.2, -0.15) is 0 Å². The zero-order valence-electron chi connectivity index (χ0n) is 17.6. The summed E-state index contributed by atoms with van der Waals surface area (Å²) in [6, 6.07) is 13.3. The maximum absolute atomic E-state index is 13.7. The van der Waals surface area contributed by atoms with Gasteiger partial charge in [-0.05, 0) is 73.9 Å². The molecule has 0 radical (unpaired) electrons. The van der Waals surface area contributed by atoms with Crippen LogP contribution in [0.25, 0.3) is 11.0 Å². The van der Waals surface area contributed by atoms with E-state index in [2.05, 4.69) is 4.98 Å². The smallest absolute Gasteiger partial charge is 0.296 e. The number of halogens is 2. The Kier molecular flexibility index (Phi) is 4.84. The summed E-state index contributed by atoms with van der Waals surface area (Å²) in [6.45, 7) is 5.71. The summed E-state index contributed by atoms with van der Waals surface area (Å²) in [4.78, 5) is 33.3. The minimum absolute atomic E-state index is 0.0186. The number of hydrogen-bond acceptors (Lipinski definition) is 4. The largest absolute Gasteiger partial charge is 0.450 e. The third-order valence-electron chi connectivity index (χ3n) is 5.87. The summed E-state index contributed by atoms with van der Waals surface area (Å²) in [5, 5.41) is 1.15. The van der Waals surface area contributed by atoms with Gasteiger partial charge in [-0.15, -0.1) is 0 Å². The van der Waals surface area contributed by atoms with Crippen LogP contribution in [0.2, 0.25) is 10.0 Å². The summed E-state index contributed by atoms with van der Waals surface area (Å²) in [5.74, 6) is 0.0184. The Balaban J connectivity index is 1.84. The quantitative estimate of drug-likeness (QED) is 0.355. The first-order valence-electron chi connectivity index (χ1n) is 10.1. The molecule has 1 aliphatic heterocycles. The number of anilines is 1. The molecule has 3 heterocycles. The van der Waals surface area contributed by atoms with Crippen molar-refractivity contribution in [1.82, 2.24) is 4.98 Å². The van der Waals surface area contributed by atoms with Gasteiger partial charge in [-0.3, -0.25) is 14.5 Å². The second-order valence-corrected chi connectivity index (χ2v) is 8.81. The third-order valence-corrected chi connectivity index (χ3v) is 6.61. The number of nitrogens with zero attached hydrogens (tertiary/aromatic N) is 2. The van der Waals surface area contributed by atoms with E-state index < -0.39 is 11.9 Å². The fraction of sp³-hybridized carbons (Fsp3) is 0.160. The fourth-order valence-electron chi connectivity index (χ4n) is 4.13. The zero-order valence-corrected chi connectivity index (χ0v) is 19.1. The van der Waals surface area contributed by atoms with E-state index in [-0.39, 0.29) is 16.8 Å². The first-order chi connectivity index (χ1) is 15.3. The van der Waals surface area contributed by atoms with Crippen LogP contribution in [0.15, 0.2) is 57.7 Å². The van der Waals surface area contributed by atoms with Crippen LogP contribution in [0.4, 0.5) is 5.82 Å². The normalized spacial score (nSPS) is 15.5. The highest BCUT2D eigenvalue weighted by molar-refractivity contribution is 6.42. The molecule has 2 aromatic heterocycles. The number of benzene rings is 2. The third kappa shape index (κ3) is 3.12. The molecule has 2 aromatic carbocycles. The Morgan fingerprint density at radius 1 is 0.938 bits per heavy atom. The Morgan fingerprint density at radius 3 is 2.41 bits per heavy atom. The number of fused-ring (bicyclic) bond motifs is 2. The fourth-order valence-corrected chi connectivity index (χ4v) is 4.43. The lowest BCUT2D eigenvalue weighted by molar-refractivity contribution is 0.0970. The highest BCUT2D eigenvalue weighted by Gasteiger charge is 2.44. The predicted molar refractivity (Wildman–Crippen MR) is 126 cm³/mol. The molecule has 1 aliphatic rings. The molecule has 5 rings (SSSR count). The minimum atomic E-state index is -0.746. The van der Waals surface area contributed by atoms with E-state index >= 15 is 0 Å². The molecular weight excluding hydrogens is 447 g/mol. The first-order valence-corrected chi connectivity index (χ1v) is 10.8. The molecule has 4 aromatic rings. The summed E-state index contributed by atoms with van der Waals surface area (Å²) >= 11 is 12.4. The lowest BCUT2D eigenvalue weighted by atomic mass is 9.97. The van der Waals surface area contributed by atoms with Crippen LogP contribution < -0.4 is 10.3 Å². The van der Waals surface area contributed by atoms with Crippen molar-refractivity contribution in [3.8, 4) is 0 Å². The maximum atomic E-state index is 13.7. The van der Waals surface area contributed by atoms with Crippen molar-refractivity contribution in [2.45, 2.75) is 26.8 Å². The van der Waals surface area contributed by atoms with Gasteiger partial charge in [-0.1, -0.05) is 35.3 Å². The van der Waals surface area contributed by atoms with Gasteiger partial charge in [-0.25, -0.2) is 4.98 Å². The first kappa shape index (κ1) is 20.7. The molecule has 1 amide bonds. The van der Waals surface area contributed by atoms with Crippen molar-refractivity contribution in [1.29, 1.82) is 0 Å². The second-order valence-electron chi connectivity index (χ2n) is 8.00. The Bertz CT molecular complexity index is 1490. The van der Waals surface area contributed by atoms with Gasteiger partial charge in [0.1, 0.15) is 11.4 Å². The second kappa shape index (κ2) is 7.47. The topological polar surface area (TPSA) is 63.4 Å². The van der Waals surface area contributed by atoms with Crippen LogP contribution in [0.5, 0.6) is 0 Å². The summed E-state index contributed by atoms with van der Waals surface area (Å²) in [7, 11) is 0. The molecule has 0 fully saturated rings. The zero-order chi connectivity index (χ0) is 22.7. The summed E-state index contributed by atoms with van der Waals surface area (Å²) in [5.41, 5.74) is 3.75. The molecule has 0 spiro atoms. The molecule has 1 atom stereocenters. The molecule has 0 aliphatic carbocycles. The SMILES string of the molecule is Cc1cccc(N2C(=O)c3oc4cc(C)c(C)cc4c(=O)c3C2c2ccc(Cl)c(Cl)c2)n1. The lowest BCUT2D eigenvalue weighted by Gasteiger charge is -2.24. The van der Waals surface area contributed by atoms with Crippen molar-refractivity contribution in [3.05, 3.63) is 103 Å². The lowest BCUT2D eigenvalue weighted by Crippen LogP contribution is -2.30. The number of carbonyl (C=O) groups is 1. The van der Waals surface area contributed by atoms with Crippen LogP contribution in [0.3, 0.4) is 0 Å². The number of hydrogen-bond donors (Lipinski definition) is 0. The van der Waals surface area contributed by atoms with Gasteiger partial charge in [0.25, 0.3) is 5.91 Å². The highest BCUT2D eigenvalue weighted by Crippen LogP contribution is 2.42. The van der Waals surface area contributed by atoms with Gasteiger partial charge in [0.2, 0.25) is 5.76 Å². The number of rotatable bonds is 2. The van der Waals surface area contributed by atoms with E-state index in [9.17, 15) is 9.59 Å². The van der Waals surface area contributed by atoms with Gasteiger partial charge in [0.15, 0.2) is 5.43 Å². The van der Waals surface area contributed by atoms with E-state index in [4.69, 9.17) is 27.6 Å². The van der Waals surface area contributed by atoms with Gasteiger partial charge < -0.3 is 4.42 Å². The molecule has 0 saturated heterocycles. The van der Waals surface area contributed by atoms with Gasteiger partial charge in [0.05, 0.1) is 27.0 Å². The molecule has 0 bridgehead atoms. The van der Waals surface area contributed by atoms with Crippen molar-refractivity contribution >= 4 is 45.9 Å². The standard InChI is InChI=1S/C25H18Cl2N2O3/c1-12-9-16-19(10-13(12)2)32-24-21(23(16)30)22(15-7-8-17(26)18(27)11-15)29(25(24)31)20-6-4-5-14(3)28-20/h4-11,22H,1-3H3. The maximum Gasteiger partial charge on any atom is 0.296 e. The number of amides is 1. The van der Waals surface area contributed by atoms with E-state index in [1.54, 1.807) is 36.4 Å². The molecule has 0 saturated carbocycles. The number of carbonyl (C=O) groups excluding carboxylic acids is 1. The highest BCUT2D eigenvalue weighted by atomic mass is 35.5. The van der Waals surface area contributed by atoms with Gasteiger partial charge in [0, 0.05) is 5.69 Å².